The lowest BCUT2D eigenvalue weighted by molar-refractivity contribution is 1.11. The maximum absolute atomic E-state index is 4.26. The third-order valence-corrected chi connectivity index (χ3v) is 2.91. The molecule has 2 heterocycles. The van der Waals surface area contributed by atoms with E-state index in [4.69, 9.17) is 0 Å². The van der Waals surface area contributed by atoms with Crippen LogP contribution in [0.25, 0.3) is 11.3 Å². The summed E-state index contributed by atoms with van der Waals surface area (Å²) in [4.78, 5) is 9.70. The molecule has 1 N–H and O–H groups in total. The van der Waals surface area contributed by atoms with E-state index in [1.807, 2.05) is 6.07 Å². The Hall–Kier alpha value is -1.42. The SMILES string of the molecule is CCNc1cc(-c2csc(C)c2)ncn1. The van der Waals surface area contributed by atoms with Crippen molar-refractivity contribution >= 4 is 17.2 Å². The van der Waals surface area contributed by atoms with Gasteiger partial charge in [-0.25, -0.2) is 9.97 Å². The number of nitrogens with one attached hydrogen (secondary N) is 1. The molecule has 0 aliphatic rings. The van der Waals surface area contributed by atoms with Gasteiger partial charge in [0.2, 0.25) is 0 Å². The summed E-state index contributed by atoms with van der Waals surface area (Å²) in [5.41, 5.74) is 2.14. The second kappa shape index (κ2) is 4.40. The van der Waals surface area contributed by atoms with Crippen LogP contribution in [0.5, 0.6) is 0 Å². The van der Waals surface area contributed by atoms with E-state index in [1.54, 1.807) is 17.7 Å². The predicted octanol–water partition coefficient (Wildman–Crippen LogP) is 2.95. The lowest BCUT2D eigenvalue weighted by atomic mass is 10.2. The first-order valence-electron chi connectivity index (χ1n) is 4.91. The number of nitrogens with zero attached hydrogens (tertiary/aromatic N) is 2. The standard InChI is InChI=1S/C11H13N3S/c1-3-12-11-5-10(13-7-14-11)9-4-8(2)15-6-9/h4-7H,3H2,1-2H3,(H,12,13,14). The van der Waals surface area contributed by atoms with Gasteiger partial charge in [0.15, 0.2) is 0 Å². The Morgan fingerprint density at radius 1 is 1.33 bits per heavy atom. The molecule has 0 fully saturated rings. The van der Waals surface area contributed by atoms with Crippen molar-refractivity contribution in [2.75, 3.05) is 11.9 Å². The van der Waals surface area contributed by atoms with Gasteiger partial charge in [0.1, 0.15) is 12.1 Å². The van der Waals surface area contributed by atoms with Gasteiger partial charge < -0.3 is 5.32 Å². The van der Waals surface area contributed by atoms with Gasteiger partial charge in [-0.15, -0.1) is 11.3 Å². The van der Waals surface area contributed by atoms with E-state index < -0.39 is 0 Å². The highest BCUT2D eigenvalue weighted by atomic mass is 32.1. The van der Waals surface area contributed by atoms with Crippen LogP contribution in [-0.2, 0) is 0 Å². The van der Waals surface area contributed by atoms with Crippen molar-refractivity contribution in [1.29, 1.82) is 0 Å². The van der Waals surface area contributed by atoms with Crippen molar-refractivity contribution in [2.24, 2.45) is 0 Å². The zero-order chi connectivity index (χ0) is 10.7. The summed E-state index contributed by atoms with van der Waals surface area (Å²) in [6.45, 7) is 5.02. The lowest BCUT2D eigenvalue weighted by Gasteiger charge is -2.02. The summed E-state index contributed by atoms with van der Waals surface area (Å²) in [5.74, 6) is 0.881. The molecular formula is C11H13N3S. The van der Waals surface area contributed by atoms with Gasteiger partial charge in [0.05, 0.1) is 5.69 Å². The van der Waals surface area contributed by atoms with E-state index in [0.717, 1.165) is 18.1 Å². The van der Waals surface area contributed by atoms with Crippen LogP contribution in [0.3, 0.4) is 0 Å². The fraction of sp³-hybridized carbons (Fsp3) is 0.273. The lowest BCUT2D eigenvalue weighted by Crippen LogP contribution is -1.99. The van der Waals surface area contributed by atoms with E-state index in [-0.39, 0.29) is 0 Å². The minimum absolute atomic E-state index is 0.874. The summed E-state index contributed by atoms with van der Waals surface area (Å²) in [5, 5.41) is 5.30. The molecule has 78 valence electrons. The van der Waals surface area contributed by atoms with Crippen molar-refractivity contribution in [2.45, 2.75) is 13.8 Å². The highest BCUT2D eigenvalue weighted by Crippen LogP contribution is 2.24. The predicted molar refractivity (Wildman–Crippen MR) is 64.2 cm³/mol. The molecule has 15 heavy (non-hydrogen) atoms. The normalized spacial score (nSPS) is 10.3. The monoisotopic (exact) mass is 219 g/mol. The van der Waals surface area contributed by atoms with E-state index >= 15 is 0 Å². The van der Waals surface area contributed by atoms with Crippen LogP contribution in [-0.4, -0.2) is 16.5 Å². The topological polar surface area (TPSA) is 37.8 Å². The summed E-state index contributed by atoms with van der Waals surface area (Å²) >= 11 is 1.74. The van der Waals surface area contributed by atoms with Gasteiger partial charge in [-0.1, -0.05) is 0 Å². The maximum Gasteiger partial charge on any atom is 0.129 e. The molecule has 0 atom stereocenters. The summed E-state index contributed by atoms with van der Waals surface area (Å²) < 4.78 is 0. The van der Waals surface area contributed by atoms with Gasteiger partial charge in [-0.2, -0.15) is 0 Å². The molecule has 2 aromatic rings. The first-order valence-corrected chi connectivity index (χ1v) is 5.79. The molecule has 0 amide bonds. The van der Waals surface area contributed by atoms with Crippen LogP contribution < -0.4 is 5.32 Å². The molecule has 4 heteroatoms. The summed E-state index contributed by atoms with van der Waals surface area (Å²) in [7, 11) is 0. The third kappa shape index (κ3) is 2.33. The Morgan fingerprint density at radius 2 is 2.20 bits per heavy atom. The van der Waals surface area contributed by atoms with Gasteiger partial charge in [0, 0.05) is 28.4 Å². The molecule has 0 unspecified atom stereocenters. The van der Waals surface area contributed by atoms with Crippen LogP contribution in [0.4, 0.5) is 5.82 Å². The summed E-state index contributed by atoms with van der Waals surface area (Å²) in [6.07, 6.45) is 1.60. The Labute approximate surface area is 93.2 Å². The molecule has 2 aromatic heterocycles. The zero-order valence-corrected chi connectivity index (χ0v) is 9.64. The number of hydrogen-bond acceptors (Lipinski definition) is 4. The molecule has 2 rings (SSSR count). The minimum Gasteiger partial charge on any atom is -0.370 e. The fourth-order valence-corrected chi connectivity index (χ4v) is 2.07. The molecule has 0 saturated heterocycles. The quantitative estimate of drug-likeness (QED) is 0.862. The maximum atomic E-state index is 4.26. The van der Waals surface area contributed by atoms with Gasteiger partial charge in [-0.05, 0) is 19.9 Å². The van der Waals surface area contributed by atoms with Crippen LogP contribution in [0.2, 0.25) is 0 Å². The molecular weight excluding hydrogens is 206 g/mol. The molecule has 0 saturated carbocycles. The Kier molecular flexibility index (Phi) is 2.97. The fourth-order valence-electron chi connectivity index (χ4n) is 1.37. The first-order chi connectivity index (χ1) is 7.29. The Morgan fingerprint density at radius 3 is 2.87 bits per heavy atom. The number of thiophene rings is 1. The van der Waals surface area contributed by atoms with Crippen molar-refractivity contribution in [1.82, 2.24) is 9.97 Å². The van der Waals surface area contributed by atoms with Crippen molar-refractivity contribution in [3.8, 4) is 11.3 Å². The second-order valence-electron chi connectivity index (χ2n) is 3.26. The van der Waals surface area contributed by atoms with Crippen molar-refractivity contribution in [3.63, 3.8) is 0 Å². The molecule has 3 nitrogen and oxygen atoms in total. The van der Waals surface area contributed by atoms with Crippen LogP contribution in [0, 0.1) is 6.92 Å². The number of rotatable bonds is 3. The van der Waals surface area contributed by atoms with E-state index in [9.17, 15) is 0 Å². The zero-order valence-electron chi connectivity index (χ0n) is 8.82. The highest BCUT2D eigenvalue weighted by molar-refractivity contribution is 7.10. The molecule has 0 aliphatic carbocycles. The number of aryl methyl sites for hydroxylation is 1. The average Bonchev–Trinajstić information content (AvgIpc) is 2.66. The van der Waals surface area contributed by atoms with E-state index in [1.165, 1.54) is 10.4 Å². The Bertz CT molecular complexity index is 451. The van der Waals surface area contributed by atoms with Crippen molar-refractivity contribution < 1.29 is 0 Å². The van der Waals surface area contributed by atoms with E-state index in [2.05, 4.69) is 40.6 Å². The van der Waals surface area contributed by atoms with Gasteiger partial charge in [-0.3, -0.25) is 0 Å². The number of anilines is 1. The minimum atomic E-state index is 0.874. The first kappa shape index (κ1) is 10.1. The van der Waals surface area contributed by atoms with Crippen LogP contribution in [0.15, 0.2) is 23.8 Å². The van der Waals surface area contributed by atoms with Crippen molar-refractivity contribution in [3.05, 3.63) is 28.7 Å². The smallest absolute Gasteiger partial charge is 0.129 e. The largest absolute Gasteiger partial charge is 0.370 e. The van der Waals surface area contributed by atoms with E-state index in [0.29, 0.717) is 0 Å². The number of hydrogen-bond donors (Lipinski definition) is 1. The molecule has 0 spiro atoms. The average molecular weight is 219 g/mol. The third-order valence-electron chi connectivity index (χ3n) is 2.05. The molecule has 0 radical (unpaired) electrons. The van der Waals surface area contributed by atoms with Gasteiger partial charge >= 0.3 is 0 Å². The molecule has 0 aliphatic heterocycles. The summed E-state index contributed by atoms with van der Waals surface area (Å²) in [6, 6.07) is 4.12. The highest BCUT2D eigenvalue weighted by Gasteiger charge is 2.02. The Balaban J connectivity index is 2.32. The molecule has 0 bridgehead atoms. The van der Waals surface area contributed by atoms with Gasteiger partial charge in [0.25, 0.3) is 0 Å². The van der Waals surface area contributed by atoms with Crippen LogP contribution >= 0.6 is 11.3 Å². The van der Waals surface area contributed by atoms with Crippen LogP contribution in [0.1, 0.15) is 11.8 Å². The molecule has 0 aromatic carbocycles. The second-order valence-corrected chi connectivity index (χ2v) is 4.38. The number of aromatic nitrogens is 2.